The molecule has 0 bridgehead atoms. The van der Waals surface area contributed by atoms with Gasteiger partial charge in [-0.3, -0.25) is 4.79 Å². The molecule has 1 aliphatic carbocycles. The molecule has 3 rings (SSSR count). The fourth-order valence-corrected chi connectivity index (χ4v) is 3.77. The first-order valence-corrected chi connectivity index (χ1v) is 9.99. The molecule has 1 aromatic heterocycles. The molecule has 0 spiro atoms. The van der Waals surface area contributed by atoms with E-state index in [9.17, 15) is 4.79 Å². The van der Waals surface area contributed by atoms with Crippen LogP contribution in [-0.4, -0.2) is 37.9 Å². The van der Waals surface area contributed by atoms with Crippen molar-refractivity contribution in [2.45, 2.75) is 56.4 Å². The Kier molecular flexibility index (Phi) is 6.44. The molecule has 7 heteroatoms. The van der Waals surface area contributed by atoms with E-state index in [2.05, 4.69) is 26.9 Å². The molecule has 0 fully saturated rings. The summed E-state index contributed by atoms with van der Waals surface area (Å²) < 4.78 is 1.67. The standard InChI is InChI=1S/C19H25N5OS/c1-14-8-10-17(11-9-14)24-19(21-22-23-24)26-15(2)18(25)20-13-12-16-6-4-3-5-7-16/h6,8-11,15H,3-5,7,12-13H2,1-2H3,(H,20,25)/t15-/m1/s1. The van der Waals surface area contributed by atoms with Crippen molar-refractivity contribution in [2.24, 2.45) is 0 Å². The number of allylic oxidation sites excluding steroid dienone is 1. The van der Waals surface area contributed by atoms with Crippen LogP contribution < -0.4 is 5.32 Å². The van der Waals surface area contributed by atoms with Crippen molar-refractivity contribution in [3.05, 3.63) is 41.5 Å². The highest BCUT2D eigenvalue weighted by Gasteiger charge is 2.19. The zero-order valence-electron chi connectivity index (χ0n) is 15.3. The Morgan fingerprint density at radius 3 is 2.85 bits per heavy atom. The average Bonchev–Trinajstić information content (AvgIpc) is 3.11. The van der Waals surface area contributed by atoms with Gasteiger partial charge in [0.05, 0.1) is 10.9 Å². The van der Waals surface area contributed by atoms with Crippen molar-refractivity contribution < 1.29 is 4.79 Å². The number of amides is 1. The summed E-state index contributed by atoms with van der Waals surface area (Å²) in [6.07, 6.45) is 8.18. The summed E-state index contributed by atoms with van der Waals surface area (Å²) in [6.45, 7) is 4.61. The van der Waals surface area contributed by atoms with Gasteiger partial charge in [-0.15, -0.1) is 5.10 Å². The van der Waals surface area contributed by atoms with Crippen molar-refractivity contribution in [3.63, 3.8) is 0 Å². The summed E-state index contributed by atoms with van der Waals surface area (Å²) in [6, 6.07) is 7.97. The molecular weight excluding hydrogens is 346 g/mol. The summed E-state index contributed by atoms with van der Waals surface area (Å²) in [5, 5.41) is 15.3. The van der Waals surface area contributed by atoms with Crippen LogP contribution >= 0.6 is 11.8 Å². The van der Waals surface area contributed by atoms with Crippen molar-refractivity contribution in [1.82, 2.24) is 25.5 Å². The van der Waals surface area contributed by atoms with Gasteiger partial charge in [0.1, 0.15) is 0 Å². The van der Waals surface area contributed by atoms with Crippen LogP contribution in [0.1, 0.15) is 44.6 Å². The number of rotatable bonds is 7. The Bertz CT molecular complexity index is 768. The molecule has 138 valence electrons. The smallest absolute Gasteiger partial charge is 0.233 e. The number of aryl methyl sites for hydroxylation is 1. The van der Waals surface area contributed by atoms with E-state index in [1.807, 2.05) is 38.1 Å². The average molecular weight is 372 g/mol. The molecule has 26 heavy (non-hydrogen) atoms. The summed E-state index contributed by atoms with van der Waals surface area (Å²) in [5.41, 5.74) is 3.54. The van der Waals surface area contributed by atoms with E-state index in [4.69, 9.17) is 0 Å². The van der Waals surface area contributed by atoms with E-state index < -0.39 is 0 Å². The number of tetrazole rings is 1. The number of carbonyl (C=O) groups is 1. The molecule has 1 atom stereocenters. The highest BCUT2D eigenvalue weighted by molar-refractivity contribution is 8.00. The van der Waals surface area contributed by atoms with Gasteiger partial charge < -0.3 is 5.32 Å². The van der Waals surface area contributed by atoms with Gasteiger partial charge in [0.2, 0.25) is 11.1 Å². The minimum Gasteiger partial charge on any atom is -0.355 e. The van der Waals surface area contributed by atoms with E-state index in [-0.39, 0.29) is 11.2 Å². The van der Waals surface area contributed by atoms with E-state index in [0.29, 0.717) is 11.7 Å². The van der Waals surface area contributed by atoms with E-state index in [1.54, 1.807) is 4.68 Å². The number of nitrogens with one attached hydrogen (secondary N) is 1. The molecule has 1 aliphatic rings. The molecule has 2 aromatic rings. The lowest BCUT2D eigenvalue weighted by Gasteiger charge is -2.14. The number of nitrogens with zero attached hydrogens (tertiary/aromatic N) is 4. The van der Waals surface area contributed by atoms with Crippen LogP contribution in [0, 0.1) is 6.92 Å². The van der Waals surface area contributed by atoms with Crippen molar-refractivity contribution in [2.75, 3.05) is 6.54 Å². The molecule has 1 N–H and O–H groups in total. The van der Waals surface area contributed by atoms with E-state index in [1.165, 1.54) is 48.6 Å². The number of benzene rings is 1. The Balaban J connectivity index is 1.53. The van der Waals surface area contributed by atoms with Crippen LogP contribution in [0.15, 0.2) is 41.1 Å². The molecule has 0 saturated carbocycles. The summed E-state index contributed by atoms with van der Waals surface area (Å²) in [4.78, 5) is 12.4. The highest BCUT2D eigenvalue weighted by Crippen LogP contribution is 2.23. The monoisotopic (exact) mass is 371 g/mol. The normalized spacial score (nSPS) is 15.4. The number of aromatic nitrogens is 4. The van der Waals surface area contributed by atoms with Gasteiger partial charge in [0.25, 0.3) is 0 Å². The van der Waals surface area contributed by atoms with Crippen molar-refractivity contribution in [3.8, 4) is 5.69 Å². The minimum atomic E-state index is -0.259. The highest BCUT2D eigenvalue weighted by atomic mass is 32.2. The topological polar surface area (TPSA) is 72.7 Å². The lowest BCUT2D eigenvalue weighted by Crippen LogP contribution is -2.32. The molecule has 1 amide bonds. The summed E-state index contributed by atoms with van der Waals surface area (Å²) in [5.74, 6) is 0.0184. The van der Waals surface area contributed by atoms with Gasteiger partial charge in [-0.2, -0.15) is 4.68 Å². The molecule has 1 heterocycles. The fourth-order valence-electron chi connectivity index (χ4n) is 2.93. The third-order valence-corrected chi connectivity index (χ3v) is 5.53. The lowest BCUT2D eigenvalue weighted by molar-refractivity contribution is -0.120. The van der Waals surface area contributed by atoms with Crippen LogP contribution in [0.3, 0.4) is 0 Å². The first kappa shape index (κ1) is 18.6. The first-order chi connectivity index (χ1) is 12.6. The molecule has 1 aromatic carbocycles. The predicted octanol–water partition coefficient (Wildman–Crippen LogP) is 3.46. The molecular formula is C19H25N5OS. The van der Waals surface area contributed by atoms with Gasteiger partial charge >= 0.3 is 0 Å². The maximum absolute atomic E-state index is 12.4. The van der Waals surface area contributed by atoms with E-state index >= 15 is 0 Å². The summed E-state index contributed by atoms with van der Waals surface area (Å²) >= 11 is 1.37. The molecule has 0 aliphatic heterocycles. The van der Waals surface area contributed by atoms with Gasteiger partial charge in [-0.05, 0) is 68.5 Å². The summed E-state index contributed by atoms with van der Waals surface area (Å²) in [7, 11) is 0. The molecule has 0 unspecified atom stereocenters. The Morgan fingerprint density at radius 2 is 2.12 bits per heavy atom. The third-order valence-electron chi connectivity index (χ3n) is 4.50. The van der Waals surface area contributed by atoms with Crippen molar-refractivity contribution in [1.29, 1.82) is 0 Å². The number of thioether (sulfide) groups is 1. The maximum Gasteiger partial charge on any atom is 0.233 e. The Labute approximate surface area is 158 Å². The van der Waals surface area contributed by atoms with Crippen molar-refractivity contribution >= 4 is 17.7 Å². The number of hydrogen-bond acceptors (Lipinski definition) is 5. The van der Waals surface area contributed by atoms with Gasteiger partial charge in [-0.25, -0.2) is 0 Å². The van der Waals surface area contributed by atoms with Gasteiger partial charge in [0, 0.05) is 6.54 Å². The van der Waals surface area contributed by atoms with Crippen LogP contribution in [-0.2, 0) is 4.79 Å². The van der Waals surface area contributed by atoms with Gasteiger partial charge in [-0.1, -0.05) is 41.1 Å². The largest absolute Gasteiger partial charge is 0.355 e. The fraction of sp³-hybridized carbons (Fsp3) is 0.474. The van der Waals surface area contributed by atoms with Gasteiger partial charge in [0.15, 0.2) is 0 Å². The van der Waals surface area contributed by atoms with E-state index in [0.717, 1.165) is 12.1 Å². The second-order valence-corrected chi connectivity index (χ2v) is 7.93. The maximum atomic E-state index is 12.4. The predicted molar refractivity (Wildman–Crippen MR) is 103 cm³/mol. The number of hydrogen-bond donors (Lipinski definition) is 1. The van der Waals surface area contributed by atoms with Crippen LogP contribution in [0.2, 0.25) is 0 Å². The second kappa shape index (κ2) is 8.98. The quantitative estimate of drug-likeness (QED) is 0.596. The first-order valence-electron chi connectivity index (χ1n) is 9.11. The molecule has 0 radical (unpaired) electrons. The van der Waals surface area contributed by atoms with Crippen LogP contribution in [0.5, 0.6) is 0 Å². The second-order valence-electron chi connectivity index (χ2n) is 6.62. The Morgan fingerprint density at radius 1 is 1.31 bits per heavy atom. The third kappa shape index (κ3) is 4.94. The minimum absolute atomic E-state index is 0.0184. The molecule has 6 nitrogen and oxygen atoms in total. The zero-order valence-corrected chi connectivity index (χ0v) is 16.1. The SMILES string of the molecule is Cc1ccc(-n2nnnc2S[C@H](C)C(=O)NCCC2=CCCCC2)cc1. The Hall–Kier alpha value is -2.15. The number of carbonyl (C=O) groups excluding carboxylic acids is 1. The zero-order chi connectivity index (χ0) is 18.4. The van der Waals surface area contributed by atoms with Crippen LogP contribution in [0.4, 0.5) is 0 Å². The molecule has 0 saturated heterocycles. The lowest BCUT2D eigenvalue weighted by atomic mass is 9.97. The van der Waals surface area contributed by atoms with Crippen LogP contribution in [0.25, 0.3) is 5.69 Å².